The number of rotatable bonds is 11. The van der Waals surface area contributed by atoms with Gasteiger partial charge in [0.1, 0.15) is 24.4 Å². The molecule has 7 atom stereocenters. The second kappa shape index (κ2) is 12.4. The van der Waals surface area contributed by atoms with Crippen LogP contribution in [0.4, 0.5) is 0 Å². The maximum atomic E-state index is 12.9. The van der Waals surface area contributed by atoms with Gasteiger partial charge in [-0.1, -0.05) is 25.7 Å². The number of hydrogen-bond acceptors (Lipinski definition) is 9. The molecular weight excluding hydrogens is 458 g/mol. The lowest BCUT2D eigenvalue weighted by molar-refractivity contribution is -0.310. The highest BCUT2D eigenvalue weighted by atomic mass is 16.7. The highest BCUT2D eigenvalue weighted by molar-refractivity contribution is 5.97. The monoisotopic (exact) mass is 497 g/mol. The van der Waals surface area contributed by atoms with Gasteiger partial charge in [0.05, 0.1) is 31.2 Å². The molecule has 10 nitrogen and oxygen atoms in total. The van der Waals surface area contributed by atoms with Crippen LogP contribution in [0.3, 0.4) is 0 Å². The number of carbonyl (C=O) groups excluding carboxylic acids is 1. The Hall–Kier alpha value is -1.82. The average molecular weight is 498 g/mol. The lowest BCUT2D eigenvalue weighted by Crippen LogP contribution is -2.59. The second-order valence-electron chi connectivity index (χ2n) is 9.70. The molecule has 10 heteroatoms. The van der Waals surface area contributed by atoms with Crippen LogP contribution in [-0.2, 0) is 9.47 Å². The third kappa shape index (κ3) is 6.31. The van der Waals surface area contributed by atoms with Gasteiger partial charge in [0, 0.05) is 12.0 Å². The van der Waals surface area contributed by atoms with E-state index in [1.165, 1.54) is 7.11 Å². The van der Waals surface area contributed by atoms with Gasteiger partial charge in [-0.15, -0.1) is 0 Å². The van der Waals surface area contributed by atoms with E-state index < -0.39 is 37.3 Å². The molecule has 1 aliphatic heterocycles. The van der Waals surface area contributed by atoms with Crippen LogP contribution in [0.5, 0.6) is 5.75 Å². The first-order chi connectivity index (χ1) is 16.7. The number of nitrogens with one attached hydrogen (secondary N) is 1. The smallest absolute Gasteiger partial charge is 0.227 e. The number of aliphatic hydroxyl groups excluding tert-OH is 4. The van der Waals surface area contributed by atoms with Crippen molar-refractivity contribution >= 4 is 5.78 Å². The Bertz CT molecular complexity index is 915. The van der Waals surface area contributed by atoms with E-state index in [2.05, 4.69) is 4.98 Å². The van der Waals surface area contributed by atoms with Crippen LogP contribution < -0.4 is 10.2 Å². The Morgan fingerprint density at radius 1 is 1.09 bits per heavy atom. The zero-order valence-corrected chi connectivity index (χ0v) is 20.7. The summed E-state index contributed by atoms with van der Waals surface area (Å²) in [5, 5.41) is 39.1. The van der Waals surface area contributed by atoms with Crippen molar-refractivity contribution < 1.29 is 39.4 Å². The van der Waals surface area contributed by atoms with Crippen LogP contribution in [0, 0.1) is 6.92 Å². The van der Waals surface area contributed by atoms with Gasteiger partial charge < -0.3 is 39.6 Å². The molecule has 1 aromatic rings. The molecule has 2 aliphatic rings. The molecule has 2 unspecified atom stereocenters. The molecule has 0 aromatic carbocycles. The highest BCUT2D eigenvalue weighted by Gasteiger charge is 2.44. The fraction of sp³-hybridized carbons (Fsp3) is 0.760. The number of aliphatic hydroxyl groups is 4. The maximum Gasteiger partial charge on any atom is 0.227 e. The summed E-state index contributed by atoms with van der Waals surface area (Å²) in [6.07, 6.45) is -0.225. The lowest BCUT2D eigenvalue weighted by Gasteiger charge is -2.40. The molecule has 0 spiro atoms. The summed E-state index contributed by atoms with van der Waals surface area (Å²) in [7, 11) is 1.46. The van der Waals surface area contributed by atoms with Gasteiger partial charge >= 0.3 is 0 Å². The van der Waals surface area contributed by atoms with E-state index in [0.29, 0.717) is 36.2 Å². The van der Waals surface area contributed by atoms with E-state index in [1.54, 1.807) is 6.92 Å². The zero-order chi connectivity index (χ0) is 25.7. The number of hydrogen-bond donors (Lipinski definition) is 5. The van der Waals surface area contributed by atoms with Crippen LogP contribution in [0.15, 0.2) is 4.79 Å². The Balaban J connectivity index is 1.43. The van der Waals surface area contributed by atoms with E-state index in [4.69, 9.17) is 14.2 Å². The van der Waals surface area contributed by atoms with E-state index in [9.17, 15) is 30.0 Å². The number of unbranched alkanes of at least 4 members (excludes halogenated alkanes) is 3. The number of carbonyl (C=O) groups is 1. The van der Waals surface area contributed by atoms with Crippen molar-refractivity contribution in [1.29, 1.82) is 0 Å². The van der Waals surface area contributed by atoms with Gasteiger partial charge in [0.15, 0.2) is 17.8 Å². The minimum absolute atomic E-state index is 0.0208. The van der Waals surface area contributed by atoms with Crippen LogP contribution >= 0.6 is 0 Å². The minimum Gasteiger partial charge on any atom is -0.491 e. The normalized spacial score (nSPS) is 29.6. The van der Waals surface area contributed by atoms with Crippen LogP contribution in [0.1, 0.15) is 86.0 Å². The van der Waals surface area contributed by atoms with Crippen molar-refractivity contribution in [2.45, 2.75) is 108 Å². The van der Waals surface area contributed by atoms with Crippen LogP contribution in [0.2, 0.25) is 0 Å². The summed E-state index contributed by atoms with van der Waals surface area (Å²) in [4.78, 5) is 28.4. The van der Waals surface area contributed by atoms with Crippen LogP contribution in [-0.4, -0.2) is 81.7 Å². The number of aryl methyl sites for hydroxylation is 1. The SMILES string of the molecule is COc1c(C)[nH]c2c(c1=O)[C@H](CCCCCCC(C)OC1O[C@H](CO)[C@@H](O)[C@H](O)[C@H]1O)CCC2=O. The van der Waals surface area contributed by atoms with Gasteiger partial charge in [0.25, 0.3) is 0 Å². The predicted molar refractivity (Wildman–Crippen MR) is 127 cm³/mol. The third-order valence-electron chi connectivity index (χ3n) is 7.11. The van der Waals surface area contributed by atoms with E-state index in [1.807, 2.05) is 6.92 Å². The molecule has 0 amide bonds. The van der Waals surface area contributed by atoms with Crippen molar-refractivity contribution in [2.24, 2.45) is 0 Å². The van der Waals surface area contributed by atoms with E-state index in [-0.39, 0.29) is 29.0 Å². The van der Waals surface area contributed by atoms with Gasteiger partial charge in [-0.05, 0) is 39.0 Å². The molecule has 1 aromatic heterocycles. The number of ether oxygens (including phenoxy) is 3. The first kappa shape index (κ1) is 27.8. The number of methoxy groups -OCH3 is 1. The molecule has 3 rings (SSSR count). The molecule has 1 fully saturated rings. The Kier molecular flexibility index (Phi) is 9.86. The number of pyridine rings is 1. The maximum absolute atomic E-state index is 12.9. The summed E-state index contributed by atoms with van der Waals surface area (Å²) in [6.45, 7) is 3.09. The highest BCUT2D eigenvalue weighted by Crippen LogP contribution is 2.34. The molecule has 35 heavy (non-hydrogen) atoms. The van der Waals surface area contributed by atoms with Gasteiger partial charge in [0.2, 0.25) is 5.43 Å². The minimum atomic E-state index is -1.45. The van der Waals surface area contributed by atoms with Crippen molar-refractivity contribution in [1.82, 2.24) is 4.98 Å². The number of aromatic nitrogens is 1. The van der Waals surface area contributed by atoms with Gasteiger partial charge in [-0.3, -0.25) is 9.59 Å². The largest absolute Gasteiger partial charge is 0.491 e. The summed E-state index contributed by atoms with van der Waals surface area (Å²) >= 11 is 0. The van der Waals surface area contributed by atoms with Crippen molar-refractivity contribution in [3.05, 3.63) is 27.2 Å². The first-order valence-electron chi connectivity index (χ1n) is 12.5. The summed E-state index contributed by atoms with van der Waals surface area (Å²) in [5.74, 6) is 0.290. The third-order valence-corrected chi connectivity index (χ3v) is 7.11. The topological polar surface area (TPSA) is 159 Å². The fourth-order valence-corrected chi connectivity index (χ4v) is 5.09. The van der Waals surface area contributed by atoms with Crippen molar-refractivity contribution in [3.63, 3.8) is 0 Å². The molecule has 1 saturated heterocycles. The van der Waals surface area contributed by atoms with Crippen LogP contribution in [0.25, 0.3) is 0 Å². The fourth-order valence-electron chi connectivity index (χ4n) is 5.09. The van der Waals surface area contributed by atoms with E-state index >= 15 is 0 Å². The van der Waals surface area contributed by atoms with E-state index in [0.717, 1.165) is 32.1 Å². The molecule has 0 saturated carbocycles. The standard InChI is InChI=1S/C25H39NO9/c1-13(34-25-23(32)22(31)20(29)17(12-27)35-25)8-6-4-5-7-9-15-10-11-16(28)19-18(15)21(30)24(33-3)14(2)26-19/h13,15,17,20,22-23,25,27,29,31-32H,4-12H2,1-3H3,(H,26,30)/t13?,15-,17-,20-,22+,23-,25?/m1/s1. The van der Waals surface area contributed by atoms with Crippen molar-refractivity contribution in [3.8, 4) is 5.75 Å². The zero-order valence-electron chi connectivity index (χ0n) is 20.7. The molecule has 198 valence electrons. The first-order valence-corrected chi connectivity index (χ1v) is 12.5. The molecule has 0 bridgehead atoms. The summed E-state index contributed by atoms with van der Waals surface area (Å²) in [5.41, 5.74) is 1.38. The lowest BCUT2D eigenvalue weighted by atomic mass is 9.81. The molecule has 1 aliphatic carbocycles. The Morgan fingerprint density at radius 3 is 2.49 bits per heavy atom. The molecule has 0 radical (unpaired) electrons. The predicted octanol–water partition coefficient (Wildman–Crippen LogP) is 1.30. The number of aromatic amines is 1. The number of Topliss-reactive ketones (excluding diaryl/α,β-unsaturated/α-hetero) is 1. The average Bonchev–Trinajstić information content (AvgIpc) is 2.83. The number of H-pyrrole nitrogens is 1. The van der Waals surface area contributed by atoms with Gasteiger partial charge in [-0.25, -0.2) is 0 Å². The molecular formula is C25H39NO9. The molecule has 5 N–H and O–H groups in total. The quantitative estimate of drug-likeness (QED) is 0.284. The Morgan fingerprint density at radius 2 is 1.80 bits per heavy atom. The summed E-state index contributed by atoms with van der Waals surface area (Å²) < 4.78 is 16.4. The number of fused-ring (bicyclic) bond motifs is 1. The summed E-state index contributed by atoms with van der Waals surface area (Å²) in [6, 6.07) is 0. The van der Waals surface area contributed by atoms with Crippen molar-refractivity contribution in [2.75, 3.05) is 13.7 Å². The van der Waals surface area contributed by atoms with Gasteiger partial charge in [-0.2, -0.15) is 0 Å². The number of ketones is 1. The molecule has 2 heterocycles. The second-order valence-corrected chi connectivity index (χ2v) is 9.70. The Labute approximate surface area is 205 Å².